The monoisotopic (exact) mass is 243 g/mol. The summed E-state index contributed by atoms with van der Waals surface area (Å²) in [5, 5.41) is 9.06. The van der Waals surface area contributed by atoms with Crippen molar-refractivity contribution in [3.8, 4) is 6.07 Å². The van der Waals surface area contributed by atoms with Crippen LogP contribution in [0.1, 0.15) is 22.8 Å². The predicted octanol–water partition coefficient (Wildman–Crippen LogP) is 3.04. The summed E-state index contributed by atoms with van der Waals surface area (Å²) in [5.74, 6) is -0.637. The van der Waals surface area contributed by atoms with Gasteiger partial charge in [0, 0.05) is 0 Å². The number of carbonyl (C=O) groups is 1. The Kier molecular flexibility index (Phi) is 3.96. The maximum absolute atomic E-state index is 11.5. The number of halogens is 2. The molecule has 1 aromatic rings. The third-order valence-electron chi connectivity index (χ3n) is 1.69. The van der Waals surface area contributed by atoms with E-state index in [-0.39, 0.29) is 27.8 Å². The van der Waals surface area contributed by atoms with Crippen molar-refractivity contribution in [1.82, 2.24) is 0 Å². The number of nitrogens with zero attached hydrogens (tertiary/aromatic N) is 1. The average Bonchev–Trinajstić information content (AvgIpc) is 2.22. The van der Waals surface area contributed by atoms with Crippen molar-refractivity contribution in [1.29, 1.82) is 5.26 Å². The highest BCUT2D eigenvalue weighted by molar-refractivity contribution is 6.43. The molecule has 0 aromatic heterocycles. The first-order chi connectivity index (χ1) is 7.11. The van der Waals surface area contributed by atoms with E-state index in [2.05, 4.69) is 0 Å². The van der Waals surface area contributed by atoms with E-state index in [9.17, 15) is 4.79 Å². The third-order valence-corrected chi connectivity index (χ3v) is 2.50. The van der Waals surface area contributed by atoms with Crippen LogP contribution < -0.4 is 0 Å². The maximum atomic E-state index is 11.5. The standard InChI is InChI=1S/C10H7Cl2NO2/c1-2-15-10(14)8-6(5-13)3-4-7(11)9(8)12/h3-4H,2H2,1H3. The van der Waals surface area contributed by atoms with Crippen LogP contribution >= 0.6 is 23.2 Å². The zero-order chi connectivity index (χ0) is 11.4. The minimum atomic E-state index is -0.637. The molecule has 0 fully saturated rings. The van der Waals surface area contributed by atoms with Gasteiger partial charge in [-0.3, -0.25) is 0 Å². The second-order valence-corrected chi connectivity index (χ2v) is 3.40. The minimum Gasteiger partial charge on any atom is -0.462 e. The summed E-state index contributed by atoms with van der Waals surface area (Å²) in [4.78, 5) is 11.5. The Balaban J connectivity index is 3.31. The number of rotatable bonds is 2. The van der Waals surface area contributed by atoms with Crippen molar-refractivity contribution < 1.29 is 9.53 Å². The maximum Gasteiger partial charge on any atom is 0.341 e. The van der Waals surface area contributed by atoms with Gasteiger partial charge < -0.3 is 4.74 Å². The van der Waals surface area contributed by atoms with E-state index in [0.717, 1.165) is 0 Å². The molecule has 1 rings (SSSR count). The number of hydrogen-bond acceptors (Lipinski definition) is 3. The summed E-state index contributed by atoms with van der Waals surface area (Å²) in [6, 6.07) is 4.75. The summed E-state index contributed by atoms with van der Waals surface area (Å²) in [6.45, 7) is 1.88. The highest BCUT2D eigenvalue weighted by atomic mass is 35.5. The van der Waals surface area contributed by atoms with Gasteiger partial charge in [-0.15, -0.1) is 0 Å². The molecule has 0 bridgehead atoms. The van der Waals surface area contributed by atoms with Crippen LogP contribution in [-0.4, -0.2) is 12.6 Å². The van der Waals surface area contributed by atoms with Crippen LogP contribution in [0.4, 0.5) is 0 Å². The lowest BCUT2D eigenvalue weighted by atomic mass is 10.1. The van der Waals surface area contributed by atoms with Crippen LogP contribution in [0.2, 0.25) is 10.0 Å². The zero-order valence-corrected chi connectivity index (χ0v) is 9.39. The van der Waals surface area contributed by atoms with Crippen LogP contribution in [0.15, 0.2) is 12.1 Å². The van der Waals surface area contributed by atoms with Gasteiger partial charge in [0.05, 0.1) is 27.8 Å². The van der Waals surface area contributed by atoms with Gasteiger partial charge in [-0.2, -0.15) is 5.26 Å². The van der Waals surface area contributed by atoms with E-state index < -0.39 is 5.97 Å². The molecule has 78 valence electrons. The van der Waals surface area contributed by atoms with Gasteiger partial charge in [0.2, 0.25) is 0 Å². The Labute approximate surface area is 97.2 Å². The number of benzene rings is 1. The van der Waals surface area contributed by atoms with Crippen LogP contribution in [0, 0.1) is 11.3 Å². The van der Waals surface area contributed by atoms with Gasteiger partial charge >= 0.3 is 5.97 Å². The van der Waals surface area contributed by atoms with Gasteiger partial charge in [0.25, 0.3) is 0 Å². The molecule has 3 nitrogen and oxygen atoms in total. The fourth-order valence-corrected chi connectivity index (χ4v) is 1.45. The molecular formula is C10H7Cl2NO2. The summed E-state index contributed by atoms with van der Waals surface area (Å²) in [5.41, 5.74) is 0.177. The van der Waals surface area contributed by atoms with E-state index in [1.807, 2.05) is 6.07 Å². The zero-order valence-electron chi connectivity index (χ0n) is 7.88. The highest BCUT2D eigenvalue weighted by Crippen LogP contribution is 2.28. The number of carbonyl (C=O) groups excluding carboxylic acids is 1. The first kappa shape index (κ1) is 11.8. The lowest BCUT2D eigenvalue weighted by Gasteiger charge is -2.06. The second-order valence-electron chi connectivity index (χ2n) is 2.62. The number of ether oxygens (including phenoxy) is 1. The van der Waals surface area contributed by atoms with Crippen LogP contribution in [0.5, 0.6) is 0 Å². The van der Waals surface area contributed by atoms with Crippen molar-refractivity contribution in [3.63, 3.8) is 0 Å². The second kappa shape index (κ2) is 5.01. The molecule has 15 heavy (non-hydrogen) atoms. The van der Waals surface area contributed by atoms with E-state index in [4.69, 9.17) is 33.2 Å². The molecule has 0 spiro atoms. The van der Waals surface area contributed by atoms with Crippen molar-refractivity contribution >= 4 is 29.2 Å². The number of hydrogen-bond donors (Lipinski definition) is 0. The third kappa shape index (κ3) is 2.41. The Hall–Kier alpha value is -1.24. The molecule has 0 aliphatic rings. The molecule has 1 aromatic carbocycles. The Morgan fingerprint density at radius 3 is 2.73 bits per heavy atom. The molecule has 0 saturated carbocycles. The van der Waals surface area contributed by atoms with Gasteiger partial charge in [-0.25, -0.2) is 4.79 Å². The fourth-order valence-electron chi connectivity index (χ4n) is 1.05. The molecule has 0 aliphatic carbocycles. The first-order valence-electron chi connectivity index (χ1n) is 4.17. The van der Waals surface area contributed by atoms with Crippen LogP contribution in [0.25, 0.3) is 0 Å². The summed E-state index contributed by atoms with van der Waals surface area (Å²) in [7, 11) is 0. The van der Waals surface area contributed by atoms with Gasteiger partial charge in [0.15, 0.2) is 0 Å². The predicted molar refractivity (Wildman–Crippen MR) is 57.1 cm³/mol. The first-order valence-corrected chi connectivity index (χ1v) is 4.92. The number of esters is 1. The summed E-state index contributed by atoms with van der Waals surface area (Å²) < 4.78 is 4.77. The summed E-state index contributed by atoms with van der Waals surface area (Å²) >= 11 is 11.6. The van der Waals surface area contributed by atoms with Gasteiger partial charge in [-0.05, 0) is 19.1 Å². The van der Waals surface area contributed by atoms with Crippen molar-refractivity contribution in [3.05, 3.63) is 33.3 Å². The van der Waals surface area contributed by atoms with Gasteiger partial charge in [0.1, 0.15) is 6.07 Å². The van der Waals surface area contributed by atoms with Crippen molar-refractivity contribution in [2.45, 2.75) is 6.92 Å². The Bertz CT molecular complexity index is 438. The molecule has 0 unspecified atom stereocenters. The Morgan fingerprint density at radius 1 is 1.53 bits per heavy atom. The fraction of sp³-hybridized carbons (Fsp3) is 0.200. The molecular weight excluding hydrogens is 237 g/mol. The van der Waals surface area contributed by atoms with Crippen LogP contribution in [0.3, 0.4) is 0 Å². The molecule has 0 radical (unpaired) electrons. The quantitative estimate of drug-likeness (QED) is 0.751. The van der Waals surface area contributed by atoms with E-state index >= 15 is 0 Å². The van der Waals surface area contributed by atoms with E-state index in [0.29, 0.717) is 0 Å². The molecule has 0 saturated heterocycles. The highest BCUT2D eigenvalue weighted by Gasteiger charge is 2.18. The lowest BCUT2D eigenvalue weighted by molar-refractivity contribution is 0.0526. The molecule has 0 atom stereocenters. The number of nitriles is 1. The van der Waals surface area contributed by atoms with Crippen molar-refractivity contribution in [2.75, 3.05) is 6.61 Å². The van der Waals surface area contributed by atoms with E-state index in [1.165, 1.54) is 12.1 Å². The normalized spacial score (nSPS) is 9.47. The smallest absolute Gasteiger partial charge is 0.341 e. The van der Waals surface area contributed by atoms with Gasteiger partial charge in [-0.1, -0.05) is 23.2 Å². The lowest BCUT2D eigenvalue weighted by Crippen LogP contribution is -2.08. The molecule has 0 aliphatic heterocycles. The largest absolute Gasteiger partial charge is 0.462 e. The average molecular weight is 244 g/mol. The topological polar surface area (TPSA) is 50.1 Å². The van der Waals surface area contributed by atoms with Crippen LogP contribution in [-0.2, 0) is 4.74 Å². The molecule has 0 amide bonds. The Morgan fingerprint density at radius 2 is 2.20 bits per heavy atom. The summed E-state index contributed by atoms with van der Waals surface area (Å²) in [6.07, 6.45) is 0. The van der Waals surface area contributed by atoms with E-state index in [1.54, 1.807) is 6.92 Å². The molecule has 0 heterocycles. The SMILES string of the molecule is CCOC(=O)c1c(C#N)ccc(Cl)c1Cl. The molecule has 0 N–H and O–H groups in total. The minimum absolute atomic E-state index is 0.0218. The van der Waals surface area contributed by atoms with Crippen molar-refractivity contribution in [2.24, 2.45) is 0 Å². The molecule has 5 heteroatoms.